The summed E-state index contributed by atoms with van der Waals surface area (Å²) in [5.41, 5.74) is 0. The van der Waals surface area contributed by atoms with E-state index in [-0.39, 0.29) is 72.2 Å². The normalized spacial score (nSPS) is 0. The molecule has 0 aliphatic heterocycles. The molecule has 0 aromatic rings. The molecule has 0 bridgehead atoms. The van der Waals surface area contributed by atoms with E-state index in [1.807, 2.05) is 0 Å². The number of rotatable bonds is 0. The van der Waals surface area contributed by atoms with Crippen molar-refractivity contribution in [1.29, 1.82) is 0 Å². The average Bonchev–Trinajstić information content (AvgIpc) is 0. The van der Waals surface area contributed by atoms with E-state index in [1.165, 1.54) is 0 Å². The van der Waals surface area contributed by atoms with Gasteiger partial charge in [-0.15, -0.1) is 0 Å². The van der Waals surface area contributed by atoms with Crippen LogP contribution in [0.2, 0.25) is 0 Å². The zero-order valence-corrected chi connectivity index (χ0v) is 6.73. The SMILES string of the molecule is [H-].[Li+].[Mn].[O-2].[O-2].[Sn+4]. The van der Waals surface area contributed by atoms with Crippen LogP contribution in [0.15, 0.2) is 0 Å². The molecule has 25 valence electrons. The maximum atomic E-state index is 0. The molecule has 0 heterocycles. The molecule has 0 atom stereocenters. The van der Waals surface area contributed by atoms with Gasteiger partial charge in [-0.1, -0.05) is 0 Å². The van der Waals surface area contributed by atoms with E-state index in [4.69, 9.17) is 0 Å². The fraction of sp³-hybridized carbons (Fsp3) is 0. The second kappa shape index (κ2) is 40.5. The Labute approximate surface area is 71.8 Å². The molecule has 5 heteroatoms. The minimum absolute atomic E-state index is 0. The maximum Gasteiger partial charge on any atom is 4.00 e. The molecule has 0 aromatic carbocycles. The monoisotopic (exact) mass is 215 g/mol. The van der Waals surface area contributed by atoms with E-state index in [9.17, 15) is 0 Å². The van der Waals surface area contributed by atoms with Crippen LogP contribution in [-0.4, -0.2) is 23.9 Å². The van der Waals surface area contributed by atoms with Gasteiger partial charge in [0.2, 0.25) is 0 Å². The summed E-state index contributed by atoms with van der Waals surface area (Å²) in [5.74, 6) is 0. The van der Waals surface area contributed by atoms with E-state index in [0.29, 0.717) is 0 Å². The summed E-state index contributed by atoms with van der Waals surface area (Å²) in [6, 6.07) is 0. The minimum atomic E-state index is 0. The molecule has 0 aliphatic rings. The molecule has 0 spiro atoms. The van der Waals surface area contributed by atoms with E-state index >= 15 is 0 Å². The summed E-state index contributed by atoms with van der Waals surface area (Å²) in [4.78, 5) is 0. The first-order valence-electron chi connectivity index (χ1n) is 0. The van der Waals surface area contributed by atoms with Crippen LogP contribution in [0.5, 0.6) is 0 Å². The molecule has 0 rings (SSSR count). The first-order chi connectivity index (χ1) is 0. The zero-order chi connectivity index (χ0) is 0. The molecule has 0 unspecified atom stereocenters. The Hall–Kier alpha value is 1.84. The topological polar surface area (TPSA) is 57.0 Å². The molecule has 0 fully saturated rings. The van der Waals surface area contributed by atoms with Crippen molar-refractivity contribution < 1.29 is 48.3 Å². The van der Waals surface area contributed by atoms with E-state index in [0.717, 1.165) is 0 Å². The first-order valence-corrected chi connectivity index (χ1v) is 0. The number of hydrogen-bond acceptors (Lipinski definition) is 0. The van der Waals surface area contributed by atoms with Gasteiger partial charge in [0.05, 0.1) is 0 Å². The third kappa shape index (κ3) is 25.5. The van der Waals surface area contributed by atoms with Crippen LogP contribution >= 0.6 is 0 Å². The fourth-order valence-electron chi connectivity index (χ4n) is 0. The van der Waals surface area contributed by atoms with Crippen molar-refractivity contribution in [3.8, 4) is 0 Å². The molecule has 0 saturated heterocycles. The van der Waals surface area contributed by atoms with E-state index in [2.05, 4.69) is 0 Å². The van der Waals surface area contributed by atoms with Crippen molar-refractivity contribution in [3.63, 3.8) is 0 Å². The Balaban J connectivity index is 0. The van der Waals surface area contributed by atoms with Crippen molar-refractivity contribution in [2.75, 3.05) is 0 Å². The third-order valence-corrected chi connectivity index (χ3v) is 0. The van der Waals surface area contributed by atoms with Crippen molar-refractivity contribution >= 4 is 23.9 Å². The van der Waals surface area contributed by atoms with E-state index < -0.39 is 0 Å². The Bertz CT molecular complexity index is 13.5. The van der Waals surface area contributed by atoms with Gasteiger partial charge in [0.25, 0.3) is 0 Å². The largest absolute Gasteiger partial charge is 4.00 e. The average molecular weight is 214 g/mol. The van der Waals surface area contributed by atoms with Crippen LogP contribution in [-0.2, 0) is 28.0 Å². The van der Waals surface area contributed by atoms with Crippen molar-refractivity contribution in [3.05, 3.63) is 0 Å². The van der Waals surface area contributed by atoms with Crippen LogP contribution in [0, 0.1) is 0 Å². The minimum Gasteiger partial charge on any atom is -2.00 e. The second-order valence-corrected chi connectivity index (χ2v) is 0. The Morgan fingerprint density at radius 1 is 1.00 bits per heavy atom. The summed E-state index contributed by atoms with van der Waals surface area (Å²) in [7, 11) is 0. The predicted molar refractivity (Wildman–Crippen MR) is 8.24 cm³/mol. The van der Waals surface area contributed by atoms with Crippen LogP contribution in [0.4, 0.5) is 0 Å². The zero-order valence-electron chi connectivity index (χ0n) is 3.69. The smallest absolute Gasteiger partial charge is 2.00 e. The molecule has 2 nitrogen and oxygen atoms in total. The van der Waals surface area contributed by atoms with Crippen molar-refractivity contribution in [2.45, 2.75) is 0 Å². The molecule has 1 radical (unpaired) electrons. The summed E-state index contributed by atoms with van der Waals surface area (Å²) in [5, 5.41) is 0. The standard InChI is InChI=1S/Li.Mn.2O.Sn.H/q+1;;2*-2;+4;-1. The van der Waals surface area contributed by atoms with Crippen LogP contribution in [0.1, 0.15) is 1.43 Å². The molecule has 0 amide bonds. The summed E-state index contributed by atoms with van der Waals surface area (Å²) in [6.07, 6.45) is 0. The Morgan fingerprint density at radius 2 is 1.00 bits per heavy atom. The Morgan fingerprint density at radius 3 is 1.00 bits per heavy atom. The molecule has 0 N–H and O–H groups in total. The molecule has 0 aromatic heterocycles. The van der Waals surface area contributed by atoms with Gasteiger partial charge in [-0.3, -0.25) is 0 Å². The van der Waals surface area contributed by atoms with Gasteiger partial charge in [0.15, 0.2) is 0 Å². The summed E-state index contributed by atoms with van der Waals surface area (Å²) in [6.45, 7) is 0. The molecule has 0 saturated carbocycles. The summed E-state index contributed by atoms with van der Waals surface area (Å²) >= 11 is 0. The van der Waals surface area contributed by atoms with Gasteiger partial charge in [0.1, 0.15) is 0 Å². The van der Waals surface area contributed by atoms with Gasteiger partial charge in [-0.2, -0.15) is 0 Å². The number of hydrogen-bond donors (Lipinski definition) is 0. The second-order valence-electron chi connectivity index (χ2n) is 0. The molecular weight excluding hydrogens is 213 g/mol. The molecule has 0 aliphatic carbocycles. The third-order valence-electron chi connectivity index (χ3n) is 0. The predicted octanol–water partition coefficient (Wildman–Crippen LogP) is -3.50. The summed E-state index contributed by atoms with van der Waals surface area (Å²) < 4.78 is 0. The Kier molecular flexibility index (Phi) is 560. The van der Waals surface area contributed by atoms with Crippen molar-refractivity contribution in [1.82, 2.24) is 0 Å². The molecule has 5 heavy (non-hydrogen) atoms. The van der Waals surface area contributed by atoms with Gasteiger partial charge >= 0.3 is 42.8 Å². The van der Waals surface area contributed by atoms with Crippen LogP contribution in [0.25, 0.3) is 0 Å². The first kappa shape index (κ1) is 69.1. The maximum absolute atomic E-state index is 0. The fourth-order valence-corrected chi connectivity index (χ4v) is 0. The quantitative estimate of drug-likeness (QED) is 0.375. The van der Waals surface area contributed by atoms with Crippen LogP contribution < -0.4 is 18.9 Å². The van der Waals surface area contributed by atoms with Gasteiger partial charge < -0.3 is 12.4 Å². The van der Waals surface area contributed by atoms with Gasteiger partial charge in [-0.05, 0) is 0 Å². The van der Waals surface area contributed by atoms with Gasteiger partial charge in [0, 0.05) is 17.1 Å². The van der Waals surface area contributed by atoms with Gasteiger partial charge in [-0.25, -0.2) is 0 Å². The van der Waals surface area contributed by atoms with Crippen molar-refractivity contribution in [2.24, 2.45) is 0 Å². The van der Waals surface area contributed by atoms with Crippen LogP contribution in [0.3, 0.4) is 0 Å². The molecular formula is HLiMnO2Sn. The van der Waals surface area contributed by atoms with E-state index in [1.54, 1.807) is 0 Å².